The molecule has 1 fully saturated rings. The Morgan fingerprint density at radius 3 is 2.27 bits per heavy atom. The molecule has 2 aliphatic heterocycles. The van der Waals surface area contributed by atoms with Gasteiger partial charge < -0.3 is 14.4 Å². The Labute approximate surface area is 195 Å². The van der Waals surface area contributed by atoms with Crippen molar-refractivity contribution < 1.29 is 28.7 Å². The molecule has 7 nitrogen and oxygen atoms in total. The predicted molar refractivity (Wildman–Crippen MR) is 121 cm³/mol. The Balaban J connectivity index is 1.85. The second kappa shape index (κ2) is 7.18. The van der Waals surface area contributed by atoms with Crippen LogP contribution < -0.4 is 4.90 Å². The molecule has 2 heterocycles. The van der Waals surface area contributed by atoms with E-state index >= 15 is 0 Å². The van der Waals surface area contributed by atoms with Crippen LogP contribution in [0.15, 0.2) is 47.4 Å². The van der Waals surface area contributed by atoms with Crippen LogP contribution in [-0.4, -0.2) is 48.1 Å². The molecule has 1 unspecified atom stereocenters. The van der Waals surface area contributed by atoms with Gasteiger partial charge in [0.05, 0.1) is 19.4 Å². The molecule has 0 saturated carbocycles. The number of hydrogen-bond donors (Lipinski definition) is 0. The molecule has 0 aromatic heterocycles. The second-order valence-corrected chi connectivity index (χ2v) is 10.1. The lowest BCUT2D eigenvalue weighted by Gasteiger charge is -2.39. The van der Waals surface area contributed by atoms with Crippen molar-refractivity contribution >= 4 is 41.0 Å². The molecule has 0 amide bonds. The van der Waals surface area contributed by atoms with Gasteiger partial charge in [0, 0.05) is 16.0 Å². The quantitative estimate of drug-likeness (QED) is 0.503. The SMILES string of the molecule is CCOC(=O)[C@@H]1[C@@H](C(=O)OC)N2c3cc(C)ccc3SC2(C)C12C(=O)c1ccccc1C2=O. The van der Waals surface area contributed by atoms with Crippen molar-refractivity contribution in [3.63, 3.8) is 0 Å². The lowest BCUT2D eigenvalue weighted by molar-refractivity contribution is -0.156. The molecule has 0 bridgehead atoms. The maximum Gasteiger partial charge on any atom is 0.329 e. The van der Waals surface area contributed by atoms with Crippen molar-refractivity contribution in [2.45, 2.75) is 36.6 Å². The first kappa shape index (κ1) is 21.7. The van der Waals surface area contributed by atoms with Crippen LogP contribution in [0.4, 0.5) is 5.69 Å². The van der Waals surface area contributed by atoms with Gasteiger partial charge in [0.2, 0.25) is 0 Å². The van der Waals surface area contributed by atoms with Gasteiger partial charge in [-0.3, -0.25) is 14.4 Å². The first-order valence-corrected chi connectivity index (χ1v) is 11.6. The summed E-state index contributed by atoms with van der Waals surface area (Å²) in [5, 5.41) is 0. The van der Waals surface area contributed by atoms with Crippen LogP contribution in [0, 0.1) is 18.3 Å². The number of esters is 2. The van der Waals surface area contributed by atoms with E-state index in [0.717, 1.165) is 10.5 Å². The highest BCUT2D eigenvalue weighted by Gasteiger charge is 2.81. The molecule has 5 rings (SSSR count). The van der Waals surface area contributed by atoms with Gasteiger partial charge in [0.1, 0.15) is 22.2 Å². The smallest absolute Gasteiger partial charge is 0.329 e. The minimum absolute atomic E-state index is 0.0498. The maximum atomic E-state index is 14.2. The molecule has 1 spiro atoms. The topological polar surface area (TPSA) is 90.0 Å². The number of carbonyl (C=O) groups is 4. The number of aryl methyl sites for hydroxylation is 1. The maximum absolute atomic E-state index is 14.2. The highest BCUT2D eigenvalue weighted by Crippen LogP contribution is 2.69. The van der Waals surface area contributed by atoms with Crippen LogP contribution in [0.2, 0.25) is 0 Å². The van der Waals surface area contributed by atoms with Crippen molar-refractivity contribution in [2.75, 3.05) is 18.6 Å². The molecule has 3 atom stereocenters. The predicted octanol–water partition coefficient (Wildman–Crippen LogP) is 3.42. The fourth-order valence-corrected chi connectivity index (χ4v) is 7.38. The Kier molecular flexibility index (Phi) is 4.72. The summed E-state index contributed by atoms with van der Waals surface area (Å²) < 4.78 is 10.5. The van der Waals surface area contributed by atoms with Crippen molar-refractivity contribution in [1.82, 2.24) is 0 Å². The number of nitrogens with zero attached hydrogens (tertiary/aromatic N) is 1. The van der Waals surface area contributed by atoms with Crippen LogP contribution in [0.3, 0.4) is 0 Å². The van der Waals surface area contributed by atoms with E-state index in [9.17, 15) is 19.2 Å². The number of benzene rings is 2. The normalized spacial score (nSPS) is 26.2. The first-order chi connectivity index (χ1) is 15.7. The van der Waals surface area contributed by atoms with Crippen molar-refractivity contribution in [3.8, 4) is 0 Å². The summed E-state index contributed by atoms with van der Waals surface area (Å²) in [7, 11) is 1.24. The van der Waals surface area contributed by atoms with Gasteiger partial charge in [-0.2, -0.15) is 0 Å². The van der Waals surface area contributed by atoms with E-state index in [1.807, 2.05) is 25.1 Å². The van der Waals surface area contributed by atoms with E-state index in [1.165, 1.54) is 18.9 Å². The van der Waals surface area contributed by atoms with Gasteiger partial charge in [-0.15, -0.1) is 0 Å². The monoisotopic (exact) mass is 465 g/mol. The van der Waals surface area contributed by atoms with Crippen LogP contribution in [0.1, 0.15) is 40.1 Å². The number of ketones is 2. The van der Waals surface area contributed by atoms with E-state index in [4.69, 9.17) is 9.47 Å². The minimum Gasteiger partial charge on any atom is -0.467 e. The molecule has 33 heavy (non-hydrogen) atoms. The standard InChI is InChI=1S/C25H23NO6S/c1-5-32-22(29)18-19(23(30)31-4)26-16-12-13(2)10-11-17(16)33-24(26,3)25(18)20(27)14-8-6-7-9-15(14)21(25)28/h6-12,18-19H,5H2,1-4H3/t18-,19-,24?/m0/s1. The number of methoxy groups -OCH3 is 1. The van der Waals surface area contributed by atoms with Crippen molar-refractivity contribution in [2.24, 2.45) is 11.3 Å². The Hall–Kier alpha value is -3.13. The third kappa shape index (κ3) is 2.47. The van der Waals surface area contributed by atoms with Crippen molar-refractivity contribution in [3.05, 3.63) is 59.2 Å². The number of ether oxygens (including phenoxy) is 2. The number of carbonyl (C=O) groups excluding carboxylic acids is 4. The fourth-order valence-electron chi connectivity index (χ4n) is 5.77. The van der Waals surface area contributed by atoms with E-state index < -0.39 is 45.8 Å². The van der Waals surface area contributed by atoms with Crippen LogP contribution >= 0.6 is 11.8 Å². The number of thioether (sulfide) groups is 1. The lowest BCUT2D eigenvalue weighted by Crippen LogP contribution is -2.56. The van der Waals surface area contributed by atoms with Crippen molar-refractivity contribution in [1.29, 1.82) is 0 Å². The third-order valence-electron chi connectivity index (χ3n) is 7.05. The second-order valence-electron chi connectivity index (χ2n) is 8.64. The van der Waals surface area contributed by atoms with Gasteiger partial charge >= 0.3 is 11.9 Å². The molecule has 0 N–H and O–H groups in total. The Bertz CT molecular complexity index is 1200. The minimum atomic E-state index is -1.85. The number of fused-ring (bicyclic) bond motifs is 5. The Morgan fingerprint density at radius 2 is 1.70 bits per heavy atom. The molecule has 2 aromatic rings. The third-order valence-corrected chi connectivity index (χ3v) is 8.53. The molecule has 170 valence electrons. The molecule has 3 aliphatic rings. The average molecular weight is 466 g/mol. The lowest BCUT2D eigenvalue weighted by atomic mass is 9.67. The van der Waals surface area contributed by atoms with Gasteiger partial charge in [0.25, 0.3) is 0 Å². The zero-order valence-corrected chi connectivity index (χ0v) is 19.5. The van der Waals surface area contributed by atoms with E-state index in [2.05, 4.69) is 0 Å². The largest absolute Gasteiger partial charge is 0.467 e. The molecule has 1 saturated heterocycles. The molecule has 8 heteroatoms. The number of hydrogen-bond acceptors (Lipinski definition) is 8. The zero-order chi connectivity index (χ0) is 23.7. The van der Waals surface area contributed by atoms with Crippen LogP contribution in [0.25, 0.3) is 0 Å². The Morgan fingerprint density at radius 1 is 1.06 bits per heavy atom. The summed E-state index contributed by atoms with van der Waals surface area (Å²) in [6.07, 6.45) is 0. The van der Waals surface area contributed by atoms with Gasteiger partial charge in [-0.25, -0.2) is 4.79 Å². The highest BCUT2D eigenvalue weighted by molar-refractivity contribution is 8.01. The van der Waals surface area contributed by atoms with Crippen LogP contribution in [0.5, 0.6) is 0 Å². The van der Waals surface area contributed by atoms with Gasteiger partial charge in [-0.1, -0.05) is 42.1 Å². The highest BCUT2D eigenvalue weighted by atomic mass is 32.2. The zero-order valence-electron chi connectivity index (χ0n) is 18.7. The molecule has 1 aliphatic carbocycles. The number of Topliss-reactive ketones (excluding diaryl/α,β-unsaturated/α-hetero) is 2. The summed E-state index contributed by atoms with van der Waals surface area (Å²) >= 11 is 1.33. The summed E-state index contributed by atoms with van der Waals surface area (Å²) in [4.78, 5) is 56.3. The average Bonchev–Trinajstić information content (AvgIpc) is 3.31. The molecule has 0 radical (unpaired) electrons. The molecular weight excluding hydrogens is 442 g/mol. The molecular formula is C25H23NO6S. The van der Waals surface area contributed by atoms with Crippen LogP contribution in [-0.2, 0) is 19.1 Å². The van der Waals surface area contributed by atoms with E-state index in [0.29, 0.717) is 5.69 Å². The number of anilines is 1. The molecule has 2 aromatic carbocycles. The summed E-state index contributed by atoms with van der Waals surface area (Å²) in [6.45, 7) is 5.39. The van der Waals surface area contributed by atoms with E-state index in [-0.39, 0.29) is 17.7 Å². The summed E-state index contributed by atoms with van der Waals surface area (Å²) in [5.74, 6) is -3.73. The van der Waals surface area contributed by atoms with E-state index in [1.54, 1.807) is 43.0 Å². The van der Waals surface area contributed by atoms with Gasteiger partial charge in [0.15, 0.2) is 11.6 Å². The fraction of sp³-hybridized carbons (Fsp3) is 0.360. The van der Waals surface area contributed by atoms with Gasteiger partial charge in [-0.05, 0) is 38.5 Å². The summed E-state index contributed by atoms with van der Waals surface area (Å²) in [6, 6.07) is 11.1. The summed E-state index contributed by atoms with van der Waals surface area (Å²) in [5.41, 5.74) is 0.315. The number of rotatable bonds is 3. The first-order valence-electron chi connectivity index (χ1n) is 10.8.